The number of piperidine rings is 1. The van der Waals surface area contributed by atoms with Crippen LogP contribution < -0.4 is 10.6 Å². The number of halogens is 1. The number of sulfonamides is 1. The van der Waals surface area contributed by atoms with Gasteiger partial charge in [-0.25, -0.2) is 8.42 Å². The van der Waals surface area contributed by atoms with Gasteiger partial charge in [0.1, 0.15) is 0 Å². The molecule has 1 aromatic carbocycles. The van der Waals surface area contributed by atoms with Crippen molar-refractivity contribution < 1.29 is 13.2 Å². The van der Waals surface area contributed by atoms with E-state index in [4.69, 9.17) is 4.74 Å². The van der Waals surface area contributed by atoms with Crippen LogP contribution in [0.25, 0.3) is 0 Å². The van der Waals surface area contributed by atoms with E-state index in [1.807, 2.05) is 6.07 Å². The number of nitrogens with zero attached hydrogens (tertiary/aromatic N) is 2. The van der Waals surface area contributed by atoms with Crippen LogP contribution in [0.15, 0.2) is 34.2 Å². The monoisotopic (exact) mass is 510 g/mol. The van der Waals surface area contributed by atoms with E-state index >= 15 is 0 Å². The molecule has 0 aliphatic carbocycles. The summed E-state index contributed by atoms with van der Waals surface area (Å²) in [6, 6.07) is 7.13. The van der Waals surface area contributed by atoms with Crippen LogP contribution in [0.1, 0.15) is 31.2 Å². The fourth-order valence-corrected chi connectivity index (χ4v) is 4.49. The molecule has 2 N–H and O–H groups in total. The first-order valence-electron chi connectivity index (χ1n) is 9.10. The van der Waals surface area contributed by atoms with E-state index in [9.17, 15) is 8.42 Å². The van der Waals surface area contributed by atoms with Gasteiger partial charge in [-0.3, -0.25) is 4.99 Å². The van der Waals surface area contributed by atoms with Crippen molar-refractivity contribution in [2.75, 3.05) is 40.4 Å². The molecule has 9 heteroatoms. The van der Waals surface area contributed by atoms with Crippen molar-refractivity contribution in [2.45, 2.75) is 37.1 Å². The van der Waals surface area contributed by atoms with E-state index in [2.05, 4.69) is 15.6 Å². The van der Waals surface area contributed by atoms with Gasteiger partial charge < -0.3 is 15.4 Å². The lowest BCUT2D eigenvalue weighted by Gasteiger charge is -2.26. The standard InChI is InChI=1S/C18H30N4O3S.HI/c1-19-18(20-10-7-13-25-2)21-15-16-8-6-9-17(14-16)26(23,24)22-11-4-3-5-12-22;/h6,8-9,14H,3-5,7,10-13,15H2,1-2H3,(H2,19,20,21);1H. The molecule has 0 atom stereocenters. The van der Waals surface area contributed by atoms with Gasteiger partial charge in [0.05, 0.1) is 4.90 Å². The van der Waals surface area contributed by atoms with Gasteiger partial charge in [0.25, 0.3) is 0 Å². The Morgan fingerprint density at radius 3 is 2.63 bits per heavy atom. The number of rotatable bonds is 8. The number of benzene rings is 1. The summed E-state index contributed by atoms with van der Waals surface area (Å²) in [5.74, 6) is 0.686. The molecule has 0 spiro atoms. The van der Waals surface area contributed by atoms with Gasteiger partial charge in [-0.2, -0.15) is 4.31 Å². The van der Waals surface area contributed by atoms with Gasteiger partial charge in [-0.15, -0.1) is 24.0 Å². The van der Waals surface area contributed by atoms with Crippen LogP contribution in [0.2, 0.25) is 0 Å². The molecule has 0 unspecified atom stereocenters. The third kappa shape index (κ3) is 7.55. The maximum Gasteiger partial charge on any atom is 0.243 e. The summed E-state index contributed by atoms with van der Waals surface area (Å²) in [7, 11) is -0.0136. The molecule has 1 aliphatic rings. The molecule has 1 fully saturated rings. The zero-order valence-corrected chi connectivity index (χ0v) is 19.3. The number of hydrogen-bond acceptors (Lipinski definition) is 4. The lowest BCUT2D eigenvalue weighted by molar-refractivity contribution is 0.195. The van der Waals surface area contributed by atoms with Gasteiger partial charge in [-0.05, 0) is 37.0 Å². The van der Waals surface area contributed by atoms with Crippen molar-refractivity contribution in [2.24, 2.45) is 4.99 Å². The molecule has 0 bridgehead atoms. The third-order valence-electron chi connectivity index (χ3n) is 4.35. The highest BCUT2D eigenvalue weighted by atomic mass is 127. The predicted octanol–water partition coefficient (Wildman–Crippen LogP) is 2.18. The van der Waals surface area contributed by atoms with E-state index in [0.29, 0.717) is 37.1 Å². The Bertz CT molecular complexity index is 692. The van der Waals surface area contributed by atoms with Crippen LogP contribution >= 0.6 is 24.0 Å². The molecule has 154 valence electrons. The summed E-state index contributed by atoms with van der Waals surface area (Å²) in [5.41, 5.74) is 0.905. The SMILES string of the molecule is CN=C(NCCCOC)NCc1cccc(S(=O)(=O)N2CCCCC2)c1.I. The van der Waals surface area contributed by atoms with E-state index in [1.165, 1.54) is 0 Å². The van der Waals surface area contributed by atoms with Crippen molar-refractivity contribution >= 4 is 40.0 Å². The van der Waals surface area contributed by atoms with E-state index < -0.39 is 10.0 Å². The van der Waals surface area contributed by atoms with Crippen molar-refractivity contribution in [3.8, 4) is 0 Å². The number of nitrogens with one attached hydrogen (secondary N) is 2. The molecule has 1 aliphatic heterocycles. The summed E-state index contributed by atoms with van der Waals surface area (Å²) in [4.78, 5) is 4.54. The second-order valence-corrected chi connectivity index (χ2v) is 8.25. The number of methoxy groups -OCH3 is 1. The van der Waals surface area contributed by atoms with E-state index in [1.54, 1.807) is 36.7 Å². The fourth-order valence-electron chi connectivity index (χ4n) is 2.90. The van der Waals surface area contributed by atoms with Crippen LogP contribution in [0, 0.1) is 0 Å². The highest BCUT2D eigenvalue weighted by molar-refractivity contribution is 14.0. The Labute approximate surface area is 180 Å². The summed E-state index contributed by atoms with van der Waals surface area (Å²) in [6.07, 6.45) is 3.87. The summed E-state index contributed by atoms with van der Waals surface area (Å²) in [5, 5.41) is 6.41. The molecule has 0 aromatic heterocycles. The zero-order chi connectivity index (χ0) is 18.8. The number of ether oxygens (including phenoxy) is 1. The first kappa shape index (κ1) is 24.1. The van der Waals surface area contributed by atoms with Gasteiger partial charge in [0, 0.05) is 46.9 Å². The smallest absolute Gasteiger partial charge is 0.243 e. The van der Waals surface area contributed by atoms with Crippen LogP contribution in [0.5, 0.6) is 0 Å². The molecule has 27 heavy (non-hydrogen) atoms. The third-order valence-corrected chi connectivity index (χ3v) is 6.25. The normalized spacial score (nSPS) is 15.9. The maximum atomic E-state index is 12.8. The van der Waals surface area contributed by atoms with Crippen molar-refractivity contribution in [1.29, 1.82) is 0 Å². The second-order valence-electron chi connectivity index (χ2n) is 6.31. The molecule has 7 nitrogen and oxygen atoms in total. The molecule has 0 radical (unpaired) electrons. The first-order chi connectivity index (χ1) is 12.6. The van der Waals surface area contributed by atoms with Gasteiger partial charge in [0.15, 0.2) is 5.96 Å². The molecular formula is C18H31IN4O3S. The Hall–Kier alpha value is -0.910. The Balaban J connectivity index is 0.00000364. The minimum atomic E-state index is -3.40. The topological polar surface area (TPSA) is 83.0 Å². The quantitative estimate of drug-likeness (QED) is 0.243. The average molecular weight is 510 g/mol. The lowest BCUT2D eigenvalue weighted by Crippen LogP contribution is -2.37. The number of hydrogen-bond donors (Lipinski definition) is 2. The predicted molar refractivity (Wildman–Crippen MR) is 119 cm³/mol. The fraction of sp³-hybridized carbons (Fsp3) is 0.611. The molecule has 1 saturated heterocycles. The second kappa shape index (κ2) is 12.5. The zero-order valence-electron chi connectivity index (χ0n) is 16.1. The van der Waals surface area contributed by atoms with Crippen LogP contribution in [-0.2, 0) is 21.3 Å². The van der Waals surface area contributed by atoms with Crippen LogP contribution in [-0.4, -0.2) is 59.1 Å². The molecule has 1 heterocycles. The van der Waals surface area contributed by atoms with Crippen LogP contribution in [0.4, 0.5) is 0 Å². The largest absolute Gasteiger partial charge is 0.385 e. The first-order valence-corrected chi connectivity index (χ1v) is 10.5. The highest BCUT2D eigenvalue weighted by Gasteiger charge is 2.25. The average Bonchev–Trinajstić information content (AvgIpc) is 2.68. The summed E-state index contributed by atoms with van der Waals surface area (Å²) < 4.78 is 32.2. The molecular weight excluding hydrogens is 479 g/mol. The molecule has 2 rings (SSSR count). The van der Waals surface area contributed by atoms with Gasteiger partial charge >= 0.3 is 0 Å². The molecule has 0 saturated carbocycles. The van der Waals surface area contributed by atoms with Crippen LogP contribution in [0.3, 0.4) is 0 Å². The minimum absolute atomic E-state index is 0. The van der Waals surface area contributed by atoms with Crippen molar-refractivity contribution in [1.82, 2.24) is 14.9 Å². The lowest BCUT2D eigenvalue weighted by atomic mass is 10.2. The highest BCUT2D eigenvalue weighted by Crippen LogP contribution is 2.21. The van der Waals surface area contributed by atoms with Crippen molar-refractivity contribution in [3.05, 3.63) is 29.8 Å². The molecule has 1 aromatic rings. The van der Waals surface area contributed by atoms with E-state index in [-0.39, 0.29) is 24.0 Å². The Morgan fingerprint density at radius 2 is 1.96 bits per heavy atom. The molecule has 0 amide bonds. The summed E-state index contributed by atoms with van der Waals surface area (Å²) >= 11 is 0. The van der Waals surface area contributed by atoms with Gasteiger partial charge in [-0.1, -0.05) is 18.6 Å². The Kier molecular flexibility index (Phi) is 11.2. The maximum absolute atomic E-state index is 12.8. The minimum Gasteiger partial charge on any atom is -0.385 e. The van der Waals surface area contributed by atoms with Crippen molar-refractivity contribution in [3.63, 3.8) is 0 Å². The number of guanidine groups is 1. The Morgan fingerprint density at radius 1 is 1.22 bits per heavy atom. The number of aliphatic imine (C=N–C) groups is 1. The van der Waals surface area contributed by atoms with Gasteiger partial charge in [0.2, 0.25) is 10.0 Å². The summed E-state index contributed by atoms with van der Waals surface area (Å²) in [6.45, 7) is 3.19. The van der Waals surface area contributed by atoms with E-state index in [0.717, 1.165) is 37.8 Å².